The Morgan fingerprint density at radius 3 is 2.40 bits per heavy atom. The molecule has 1 aromatic rings. The van der Waals surface area contributed by atoms with E-state index in [1.54, 1.807) is 6.33 Å². The summed E-state index contributed by atoms with van der Waals surface area (Å²) in [5, 5.41) is 16.3. The normalized spacial score (nSPS) is 43.5. The average molecular weight is 736 g/mol. The summed E-state index contributed by atoms with van der Waals surface area (Å²) in [6.07, 6.45) is 9.91. The first-order chi connectivity index (χ1) is 24.6. The number of carbonyl (C=O) groups is 1. The molecule has 0 spiro atoms. The van der Waals surface area contributed by atoms with Crippen LogP contribution >= 0.6 is 0 Å². The summed E-state index contributed by atoms with van der Waals surface area (Å²) in [5.41, 5.74) is 6.62. The quantitative estimate of drug-likeness (QED) is 0.246. The molecular formula is C44H73N5O4. The number of aliphatic carboxylic acids is 1. The van der Waals surface area contributed by atoms with Gasteiger partial charge in [-0.25, -0.2) is 9.67 Å². The summed E-state index contributed by atoms with van der Waals surface area (Å²) in [5.74, 6) is 1.75. The molecule has 3 N–H and O–H groups in total. The van der Waals surface area contributed by atoms with E-state index in [1.165, 1.54) is 5.57 Å². The number of rotatable bonds is 9. The van der Waals surface area contributed by atoms with E-state index in [-0.39, 0.29) is 50.6 Å². The number of hydrogen-bond acceptors (Lipinski definition) is 7. The number of fused-ring (bicyclic) bond motifs is 3. The zero-order chi connectivity index (χ0) is 38.7. The van der Waals surface area contributed by atoms with Crippen LogP contribution in [0.5, 0.6) is 0 Å². The maximum Gasteiger partial charge on any atom is 0.307 e. The largest absolute Gasteiger partial charge is 0.481 e. The monoisotopic (exact) mass is 736 g/mol. The Bertz CT molecular complexity index is 1590. The number of carboxylic acids is 1. The first kappa shape index (κ1) is 39.4. The van der Waals surface area contributed by atoms with Gasteiger partial charge in [0.05, 0.1) is 37.9 Å². The van der Waals surface area contributed by atoms with Crippen molar-refractivity contribution in [2.45, 2.75) is 145 Å². The molecular weight excluding hydrogens is 663 g/mol. The van der Waals surface area contributed by atoms with E-state index in [0.717, 1.165) is 70.6 Å². The minimum atomic E-state index is -0.620. The van der Waals surface area contributed by atoms with Gasteiger partial charge in [0.25, 0.3) is 0 Å². The maximum atomic E-state index is 13.7. The minimum Gasteiger partial charge on any atom is -0.481 e. The van der Waals surface area contributed by atoms with Gasteiger partial charge < -0.3 is 25.2 Å². The van der Waals surface area contributed by atoms with Crippen LogP contribution in [0.15, 0.2) is 18.0 Å². The van der Waals surface area contributed by atoms with Gasteiger partial charge in [0.2, 0.25) is 0 Å². The second-order valence-corrected chi connectivity index (χ2v) is 21.7. The summed E-state index contributed by atoms with van der Waals surface area (Å²) in [6.45, 7) is 32.2. The summed E-state index contributed by atoms with van der Waals surface area (Å²) in [6, 6.07) is -0.0156. The zero-order valence-corrected chi connectivity index (χ0v) is 35.3. The standard InChI is InChI=1S/C44H73N5O4/c1-13-48-21-29(22-48)36-46-26-47-49(36)32-20-39(8)23-52-25-44(35(32)53-24-43(12,45)38(5,6)7)31-16-17-42(11)34(37(50)51)40(9,28(4)27(2)3)18-19-41(42,10)30(31)14-15-33(39)44/h16,26-30,32-35H,13-15,17-25,45H2,1-12H3,(H,50,51)/t28-,30+,32-,33-,34-,35+,39-,40-,41-,42+,43+,44+/m1/s1. The van der Waals surface area contributed by atoms with Crippen molar-refractivity contribution in [1.29, 1.82) is 0 Å². The third-order valence-corrected chi connectivity index (χ3v) is 18.0. The molecule has 298 valence electrons. The molecule has 7 rings (SSSR count). The van der Waals surface area contributed by atoms with Gasteiger partial charge in [-0.1, -0.05) is 87.8 Å². The van der Waals surface area contributed by atoms with Crippen molar-refractivity contribution >= 4 is 5.97 Å². The molecule has 9 nitrogen and oxygen atoms in total. The summed E-state index contributed by atoms with van der Waals surface area (Å²) in [4.78, 5) is 21.1. The molecule has 2 saturated heterocycles. The number of carboxylic acid groups (broad SMARTS) is 1. The Balaban J connectivity index is 1.38. The first-order valence-electron chi connectivity index (χ1n) is 21.1. The van der Waals surface area contributed by atoms with Crippen molar-refractivity contribution in [2.24, 2.45) is 67.8 Å². The van der Waals surface area contributed by atoms with Gasteiger partial charge in [-0.15, -0.1) is 0 Å². The predicted octanol–water partition coefficient (Wildman–Crippen LogP) is 7.98. The molecule has 0 radical (unpaired) electrons. The molecule has 9 heteroatoms. The Kier molecular flexibility index (Phi) is 9.56. The van der Waals surface area contributed by atoms with Gasteiger partial charge in [-0.3, -0.25) is 4.79 Å². The molecule has 1 aromatic heterocycles. The summed E-state index contributed by atoms with van der Waals surface area (Å²) < 4.78 is 16.6. The number of nitrogens with two attached hydrogens (primary N) is 1. The maximum absolute atomic E-state index is 13.7. The highest BCUT2D eigenvalue weighted by Crippen LogP contribution is 2.75. The van der Waals surface area contributed by atoms with Crippen molar-refractivity contribution in [2.75, 3.05) is 39.5 Å². The van der Waals surface area contributed by atoms with Crippen molar-refractivity contribution in [3.8, 4) is 0 Å². The topological polar surface area (TPSA) is 116 Å². The SMILES string of the molecule is CCN1CC(c2ncnn2[C@@H]2C[C@]3(C)COC[C@@]4(C5=CC[C@@]6(C)[C@H](C(=O)O)[C@@](C)([C@H](C)C(C)C)CC[C@]6(C)[C@H]5CC[C@H]34)[C@H]2OC[C@](C)(N)C(C)(C)C)C1. The molecule has 3 saturated carbocycles. The van der Waals surface area contributed by atoms with Gasteiger partial charge in [0.15, 0.2) is 0 Å². The van der Waals surface area contributed by atoms with Crippen LogP contribution in [0, 0.1) is 62.1 Å². The lowest BCUT2D eigenvalue weighted by Gasteiger charge is -2.71. The third kappa shape index (κ3) is 5.53. The molecule has 3 heterocycles. The lowest BCUT2D eigenvalue weighted by atomic mass is 9.34. The smallest absolute Gasteiger partial charge is 0.307 e. The number of allylic oxidation sites excluding steroid dienone is 1. The highest BCUT2D eigenvalue weighted by molar-refractivity contribution is 5.73. The van der Waals surface area contributed by atoms with Crippen LogP contribution < -0.4 is 5.73 Å². The van der Waals surface area contributed by atoms with E-state index in [9.17, 15) is 9.90 Å². The van der Waals surface area contributed by atoms with Crippen LogP contribution in [-0.2, 0) is 14.3 Å². The number of aromatic nitrogens is 3. The van der Waals surface area contributed by atoms with Crippen LogP contribution in [0.2, 0.25) is 0 Å². The Labute approximate surface area is 320 Å². The van der Waals surface area contributed by atoms with Crippen LogP contribution in [0.4, 0.5) is 0 Å². The molecule has 5 fully saturated rings. The summed E-state index contributed by atoms with van der Waals surface area (Å²) >= 11 is 0. The van der Waals surface area contributed by atoms with E-state index >= 15 is 0 Å². The van der Waals surface area contributed by atoms with Gasteiger partial charge in [-0.05, 0) is 103 Å². The molecule has 12 atom stereocenters. The molecule has 0 unspecified atom stereocenters. The number of likely N-dealkylation sites (N-methyl/N-ethyl adjacent to an activating group) is 1. The van der Waals surface area contributed by atoms with E-state index in [1.807, 2.05) is 0 Å². The second-order valence-electron chi connectivity index (χ2n) is 21.7. The lowest BCUT2D eigenvalue weighted by Crippen LogP contribution is -2.70. The third-order valence-electron chi connectivity index (χ3n) is 18.0. The fourth-order valence-electron chi connectivity index (χ4n) is 13.4. The van der Waals surface area contributed by atoms with Gasteiger partial charge in [-0.2, -0.15) is 5.10 Å². The van der Waals surface area contributed by atoms with E-state index in [4.69, 9.17) is 25.3 Å². The fourth-order valence-corrected chi connectivity index (χ4v) is 13.4. The van der Waals surface area contributed by atoms with Gasteiger partial charge in [0, 0.05) is 30.0 Å². The molecule has 0 aromatic carbocycles. The van der Waals surface area contributed by atoms with Crippen molar-refractivity contribution < 1.29 is 19.4 Å². The number of likely N-dealkylation sites (tertiary alicyclic amines) is 1. The van der Waals surface area contributed by atoms with Gasteiger partial charge >= 0.3 is 5.97 Å². The molecule has 0 amide bonds. The molecule has 2 aliphatic heterocycles. The fraction of sp³-hybridized carbons (Fsp3) is 0.886. The predicted molar refractivity (Wildman–Crippen MR) is 209 cm³/mol. The van der Waals surface area contributed by atoms with Crippen molar-refractivity contribution in [3.63, 3.8) is 0 Å². The van der Waals surface area contributed by atoms with E-state index < -0.39 is 17.4 Å². The Morgan fingerprint density at radius 2 is 1.77 bits per heavy atom. The second kappa shape index (κ2) is 12.9. The highest BCUT2D eigenvalue weighted by atomic mass is 16.5. The lowest BCUT2D eigenvalue weighted by molar-refractivity contribution is -0.255. The average Bonchev–Trinajstić information content (AvgIpc) is 3.52. The summed E-state index contributed by atoms with van der Waals surface area (Å²) in [7, 11) is 0. The number of nitrogens with zero attached hydrogens (tertiary/aromatic N) is 4. The van der Waals surface area contributed by atoms with Crippen LogP contribution in [0.3, 0.4) is 0 Å². The van der Waals surface area contributed by atoms with E-state index in [2.05, 4.69) is 98.7 Å². The molecule has 53 heavy (non-hydrogen) atoms. The van der Waals surface area contributed by atoms with Crippen molar-refractivity contribution in [1.82, 2.24) is 19.7 Å². The molecule has 4 aliphatic carbocycles. The van der Waals surface area contributed by atoms with Gasteiger partial charge in [0.1, 0.15) is 12.2 Å². The van der Waals surface area contributed by atoms with Crippen LogP contribution in [0.25, 0.3) is 0 Å². The highest BCUT2D eigenvalue weighted by Gasteiger charge is 2.73. The van der Waals surface area contributed by atoms with Crippen molar-refractivity contribution in [3.05, 3.63) is 23.8 Å². The Hall–Kier alpha value is -1.81. The zero-order valence-electron chi connectivity index (χ0n) is 35.3. The van der Waals surface area contributed by atoms with Crippen LogP contribution in [0.1, 0.15) is 139 Å². The minimum absolute atomic E-state index is 0.0156. The number of hydrogen-bond donors (Lipinski definition) is 2. The first-order valence-corrected chi connectivity index (χ1v) is 21.1. The molecule has 2 bridgehead atoms. The van der Waals surface area contributed by atoms with Crippen LogP contribution in [-0.4, -0.2) is 81.8 Å². The molecule has 6 aliphatic rings. The Morgan fingerprint density at radius 1 is 1.08 bits per heavy atom. The number of ether oxygens (including phenoxy) is 2. The van der Waals surface area contributed by atoms with E-state index in [0.29, 0.717) is 36.9 Å².